The van der Waals surface area contributed by atoms with Crippen molar-refractivity contribution in [2.45, 2.75) is 32.7 Å². The lowest BCUT2D eigenvalue weighted by molar-refractivity contribution is 0.0996. The zero-order valence-electron chi connectivity index (χ0n) is 18.5. The first-order valence-corrected chi connectivity index (χ1v) is 11.4. The second-order valence-electron chi connectivity index (χ2n) is 8.00. The number of anilines is 4. The summed E-state index contributed by atoms with van der Waals surface area (Å²) in [6.07, 6.45) is 3.28. The Bertz CT molecular complexity index is 1160. The maximum atomic E-state index is 12.5. The van der Waals surface area contributed by atoms with Gasteiger partial charge in [0.2, 0.25) is 0 Å². The van der Waals surface area contributed by atoms with Gasteiger partial charge in [-0.2, -0.15) is 4.37 Å². The Balaban J connectivity index is 1.45. The van der Waals surface area contributed by atoms with Crippen LogP contribution in [0.1, 0.15) is 34.6 Å². The molecule has 1 aliphatic rings. The second-order valence-corrected chi connectivity index (χ2v) is 8.81. The minimum Gasteiger partial charge on any atom is -0.364 e. The number of nitrogens with one attached hydrogen (secondary N) is 3. The molecule has 33 heavy (non-hydrogen) atoms. The van der Waals surface area contributed by atoms with E-state index >= 15 is 0 Å². The van der Waals surface area contributed by atoms with Crippen LogP contribution in [0.15, 0.2) is 36.5 Å². The fourth-order valence-electron chi connectivity index (χ4n) is 3.72. The molecule has 1 atom stereocenters. The predicted octanol–water partition coefficient (Wildman–Crippen LogP) is 3.18. The van der Waals surface area contributed by atoms with Crippen LogP contribution in [0.4, 0.5) is 27.1 Å². The lowest BCUT2D eigenvalue weighted by atomic mass is 10.1. The third kappa shape index (κ3) is 5.75. The molecule has 0 spiro atoms. The molecule has 172 valence electrons. The molecule has 4 rings (SSSR count). The number of primary amides is 1. The van der Waals surface area contributed by atoms with Crippen molar-refractivity contribution in [3.63, 3.8) is 0 Å². The first kappa shape index (κ1) is 22.5. The molecule has 10 nitrogen and oxygen atoms in total. The van der Waals surface area contributed by atoms with Gasteiger partial charge in [-0.25, -0.2) is 14.8 Å². The fourth-order valence-corrected chi connectivity index (χ4v) is 4.38. The highest BCUT2D eigenvalue weighted by Gasteiger charge is 2.24. The third-order valence-corrected chi connectivity index (χ3v) is 6.02. The predicted molar refractivity (Wildman–Crippen MR) is 129 cm³/mol. The van der Waals surface area contributed by atoms with E-state index in [4.69, 9.17) is 5.73 Å². The molecule has 0 bridgehead atoms. The Morgan fingerprint density at radius 1 is 1.24 bits per heavy atom. The maximum absolute atomic E-state index is 12.5. The van der Waals surface area contributed by atoms with E-state index in [0.29, 0.717) is 12.4 Å². The number of amides is 3. The van der Waals surface area contributed by atoms with Gasteiger partial charge >= 0.3 is 6.03 Å². The normalized spacial score (nSPS) is 15.7. The summed E-state index contributed by atoms with van der Waals surface area (Å²) in [5, 5.41) is 9.77. The quantitative estimate of drug-likeness (QED) is 0.438. The average molecular weight is 467 g/mol. The minimum absolute atomic E-state index is 0.0540. The molecule has 0 radical (unpaired) electrons. The topological polar surface area (TPSA) is 138 Å². The van der Waals surface area contributed by atoms with E-state index in [1.807, 2.05) is 49.1 Å². The van der Waals surface area contributed by atoms with E-state index in [1.165, 1.54) is 11.5 Å². The first-order valence-electron chi connectivity index (χ1n) is 10.6. The summed E-state index contributed by atoms with van der Waals surface area (Å²) in [4.78, 5) is 35.2. The Hall–Kier alpha value is -3.73. The number of nitrogens with zero attached hydrogens (tertiary/aromatic N) is 4. The van der Waals surface area contributed by atoms with Gasteiger partial charge in [0, 0.05) is 24.8 Å². The van der Waals surface area contributed by atoms with Crippen LogP contribution < -0.4 is 26.6 Å². The molecule has 2 aromatic heterocycles. The Morgan fingerprint density at radius 2 is 2.09 bits per heavy atom. The number of piperidine rings is 1. The summed E-state index contributed by atoms with van der Waals surface area (Å²) in [6, 6.07) is 9.22. The van der Waals surface area contributed by atoms with Crippen molar-refractivity contribution in [3.05, 3.63) is 53.5 Å². The Morgan fingerprint density at radius 3 is 2.82 bits per heavy atom. The molecule has 5 N–H and O–H groups in total. The molecule has 0 saturated carbocycles. The Kier molecular flexibility index (Phi) is 6.68. The number of hydrogen-bond donors (Lipinski definition) is 4. The van der Waals surface area contributed by atoms with Crippen molar-refractivity contribution in [1.29, 1.82) is 0 Å². The average Bonchev–Trinajstić information content (AvgIpc) is 3.18. The number of urea groups is 1. The van der Waals surface area contributed by atoms with Gasteiger partial charge < -0.3 is 26.6 Å². The second kappa shape index (κ2) is 9.82. The standard InChI is InChI=1S/C22H26N8O2S/c1-13-5-3-6-15(9-13)25-22(32)26-16-7-4-8-30(12-16)17-11-24-19(20(23)31)21(27-17)28-18-10-14(2)29-33-18/h3,5-6,9-11,16H,4,7-8,12H2,1-2H3,(H2,23,31)(H,27,28)(H2,25,26,32). The number of aryl methyl sites for hydroxylation is 2. The van der Waals surface area contributed by atoms with Gasteiger partial charge in [-0.15, -0.1) is 0 Å². The number of aromatic nitrogens is 3. The van der Waals surface area contributed by atoms with Gasteiger partial charge in [-0.05, 0) is 62.0 Å². The summed E-state index contributed by atoms with van der Waals surface area (Å²) >= 11 is 1.27. The van der Waals surface area contributed by atoms with Crippen molar-refractivity contribution in [2.24, 2.45) is 5.73 Å². The third-order valence-electron chi connectivity index (χ3n) is 5.22. The van der Waals surface area contributed by atoms with Crippen LogP contribution >= 0.6 is 11.5 Å². The number of hydrogen-bond acceptors (Lipinski definition) is 8. The van der Waals surface area contributed by atoms with Crippen molar-refractivity contribution in [3.8, 4) is 0 Å². The molecule has 1 aliphatic heterocycles. The molecule has 11 heteroatoms. The molecule has 1 fully saturated rings. The smallest absolute Gasteiger partial charge is 0.319 e. The van der Waals surface area contributed by atoms with Crippen LogP contribution in [-0.2, 0) is 0 Å². The maximum Gasteiger partial charge on any atom is 0.319 e. The highest BCUT2D eigenvalue weighted by molar-refractivity contribution is 7.10. The van der Waals surface area contributed by atoms with E-state index < -0.39 is 5.91 Å². The number of benzene rings is 1. The lowest BCUT2D eigenvalue weighted by Crippen LogP contribution is -2.49. The van der Waals surface area contributed by atoms with Gasteiger partial charge in [0.1, 0.15) is 10.8 Å². The molecule has 1 saturated heterocycles. The van der Waals surface area contributed by atoms with E-state index in [1.54, 1.807) is 6.20 Å². The van der Waals surface area contributed by atoms with E-state index in [9.17, 15) is 9.59 Å². The minimum atomic E-state index is -0.663. The van der Waals surface area contributed by atoms with Gasteiger partial charge in [0.15, 0.2) is 11.5 Å². The molecular weight excluding hydrogens is 440 g/mol. The molecular formula is C22H26N8O2S. The summed E-state index contributed by atoms with van der Waals surface area (Å²) in [5.74, 6) is 0.231. The summed E-state index contributed by atoms with van der Waals surface area (Å²) in [6.45, 7) is 5.20. The van der Waals surface area contributed by atoms with E-state index in [-0.39, 0.29) is 23.6 Å². The number of carbonyl (C=O) groups excluding carboxylic acids is 2. The largest absolute Gasteiger partial charge is 0.364 e. The van der Waals surface area contributed by atoms with Crippen molar-refractivity contribution < 1.29 is 9.59 Å². The van der Waals surface area contributed by atoms with Gasteiger partial charge in [0.05, 0.1) is 11.9 Å². The number of carbonyl (C=O) groups is 2. The molecule has 1 unspecified atom stereocenters. The SMILES string of the molecule is Cc1cccc(NC(=O)NC2CCCN(c3cnc(C(N)=O)c(Nc4cc(C)ns4)n3)C2)c1. The lowest BCUT2D eigenvalue weighted by Gasteiger charge is -2.34. The number of rotatable bonds is 6. The van der Waals surface area contributed by atoms with Crippen molar-refractivity contribution in [1.82, 2.24) is 19.7 Å². The van der Waals surface area contributed by atoms with E-state index in [2.05, 4.69) is 30.3 Å². The van der Waals surface area contributed by atoms with Crippen molar-refractivity contribution >= 4 is 45.8 Å². The molecule has 3 amide bonds. The molecule has 0 aliphatic carbocycles. The summed E-state index contributed by atoms with van der Waals surface area (Å²) in [5.41, 5.74) is 8.24. The van der Waals surface area contributed by atoms with Gasteiger partial charge in [0.25, 0.3) is 5.91 Å². The van der Waals surface area contributed by atoms with Gasteiger partial charge in [-0.3, -0.25) is 4.79 Å². The zero-order valence-corrected chi connectivity index (χ0v) is 19.3. The summed E-state index contributed by atoms with van der Waals surface area (Å²) < 4.78 is 4.23. The monoisotopic (exact) mass is 466 g/mol. The number of nitrogens with two attached hydrogens (primary N) is 1. The fraction of sp³-hybridized carbons (Fsp3) is 0.318. The van der Waals surface area contributed by atoms with Crippen LogP contribution in [0.25, 0.3) is 0 Å². The van der Waals surface area contributed by atoms with E-state index in [0.717, 1.165) is 41.3 Å². The molecule has 3 heterocycles. The van der Waals surface area contributed by atoms with Crippen molar-refractivity contribution in [2.75, 3.05) is 28.6 Å². The molecule has 3 aromatic rings. The van der Waals surface area contributed by atoms with Crippen LogP contribution in [-0.4, -0.2) is 45.4 Å². The highest BCUT2D eigenvalue weighted by atomic mass is 32.1. The molecule has 1 aromatic carbocycles. The first-order chi connectivity index (χ1) is 15.9. The van der Waals surface area contributed by atoms with Crippen LogP contribution in [0, 0.1) is 13.8 Å². The van der Waals surface area contributed by atoms with Crippen LogP contribution in [0.3, 0.4) is 0 Å². The Labute approximate surface area is 195 Å². The van der Waals surface area contributed by atoms with Crippen LogP contribution in [0.5, 0.6) is 0 Å². The zero-order chi connectivity index (χ0) is 23.4. The highest BCUT2D eigenvalue weighted by Crippen LogP contribution is 2.25. The van der Waals surface area contributed by atoms with Crippen LogP contribution in [0.2, 0.25) is 0 Å². The van der Waals surface area contributed by atoms with Gasteiger partial charge in [-0.1, -0.05) is 12.1 Å². The summed E-state index contributed by atoms with van der Waals surface area (Å²) in [7, 11) is 0.